The van der Waals surface area contributed by atoms with E-state index in [0.717, 1.165) is 5.56 Å². The molecule has 0 aliphatic carbocycles. The van der Waals surface area contributed by atoms with Crippen molar-refractivity contribution < 1.29 is 10.0 Å². The molecule has 0 radical (unpaired) electrons. The number of nitrogens with zero attached hydrogens (tertiary/aromatic N) is 3. The summed E-state index contributed by atoms with van der Waals surface area (Å²) in [5, 5.41) is 20.5. The molecule has 1 N–H and O–H groups in total. The Bertz CT molecular complexity index is 617. The van der Waals surface area contributed by atoms with Crippen LogP contribution in [0.1, 0.15) is 11.1 Å². The van der Waals surface area contributed by atoms with E-state index in [1.165, 1.54) is 0 Å². The topological polar surface area (TPSA) is 79.5 Å². The molecule has 0 spiro atoms. The second-order valence-corrected chi connectivity index (χ2v) is 4.69. The number of anilines is 1. The molecule has 1 aromatic carbocycles. The molecule has 21 heavy (non-hydrogen) atoms. The molecule has 0 aliphatic rings. The van der Waals surface area contributed by atoms with Crippen LogP contribution >= 0.6 is 0 Å². The minimum atomic E-state index is -0.424. The maximum absolute atomic E-state index is 11.3. The Balaban J connectivity index is 2.39. The van der Waals surface area contributed by atoms with Crippen LogP contribution in [0.15, 0.2) is 42.6 Å². The van der Waals surface area contributed by atoms with Crippen LogP contribution in [0.2, 0.25) is 0 Å². The lowest BCUT2D eigenvalue weighted by molar-refractivity contribution is -0.384. The highest BCUT2D eigenvalue weighted by Crippen LogP contribution is 2.29. The van der Waals surface area contributed by atoms with Crippen LogP contribution in [-0.4, -0.2) is 28.2 Å². The van der Waals surface area contributed by atoms with Crippen molar-refractivity contribution in [1.82, 2.24) is 4.98 Å². The highest BCUT2D eigenvalue weighted by atomic mass is 16.6. The number of pyridine rings is 1. The number of hydrogen-bond donors (Lipinski definition) is 1. The van der Waals surface area contributed by atoms with Gasteiger partial charge in [-0.1, -0.05) is 30.3 Å². The molecular weight excluding hydrogens is 270 g/mol. The molecule has 0 saturated heterocycles. The van der Waals surface area contributed by atoms with Crippen molar-refractivity contribution in [1.29, 1.82) is 0 Å². The Kier molecular flexibility index (Phi) is 4.84. The number of aliphatic hydroxyl groups excluding tert-OH is 1. The number of rotatable bonds is 6. The predicted octanol–water partition coefficient (Wildman–Crippen LogP) is 2.30. The lowest BCUT2D eigenvalue weighted by Gasteiger charge is -2.23. The van der Waals surface area contributed by atoms with E-state index >= 15 is 0 Å². The molecule has 0 aliphatic heterocycles. The summed E-state index contributed by atoms with van der Waals surface area (Å²) < 4.78 is 0. The normalized spacial score (nSPS) is 10.4. The molecule has 0 atom stereocenters. The third-order valence-electron chi connectivity index (χ3n) is 3.17. The van der Waals surface area contributed by atoms with Crippen LogP contribution in [0.25, 0.3) is 0 Å². The van der Waals surface area contributed by atoms with Crippen molar-refractivity contribution >= 4 is 11.5 Å². The number of aryl methyl sites for hydroxylation is 1. The molecule has 1 aromatic heterocycles. The second-order valence-electron chi connectivity index (χ2n) is 4.69. The van der Waals surface area contributed by atoms with Gasteiger partial charge in [0.2, 0.25) is 5.82 Å². The molecular formula is C15H17N3O3. The fraction of sp³-hybridized carbons (Fsp3) is 0.267. The molecule has 0 amide bonds. The number of aliphatic hydroxyl groups is 1. The molecule has 0 fully saturated rings. The average molecular weight is 287 g/mol. The Morgan fingerprint density at radius 1 is 1.29 bits per heavy atom. The number of hydrogen-bond acceptors (Lipinski definition) is 5. The van der Waals surface area contributed by atoms with Gasteiger partial charge >= 0.3 is 5.69 Å². The first-order valence-corrected chi connectivity index (χ1v) is 6.63. The Labute approximate surface area is 122 Å². The lowest BCUT2D eigenvalue weighted by Crippen LogP contribution is -2.28. The SMILES string of the molecule is Cc1ccnc(N(CCO)Cc2ccccc2)c1[N+](=O)[O-]. The molecule has 0 saturated carbocycles. The standard InChI is InChI=1S/C15H17N3O3/c1-12-7-8-16-15(14(12)18(20)21)17(9-10-19)11-13-5-3-2-4-6-13/h2-8,19H,9-11H2,1H3. The van der Waals surface area contributed by atoms with E-state index in [2.05, 4.69) is 4.98 Å². The molecule has 1 heterocycles. The van der Waals surface area contributed by atoms with Gasteiger partial charge in [-0.2, -0.15) is 0 Å². The van der Waals surface area contributed by atoms with Gasteiger partial charge in [-0.05, 0) is 18.6 Å². The molecule has 110 valence electrons. The van der Waals surface area contributed by atoms with Crippen LogP contribution in [0.5, 0.6) is 0 Å². The number of benzene rings is 1. The third-order valence-corrected chi connectivity index (χ3v) is 3.17. The number of aromatic nitrogens is 1. The summed E-state index contributed by atoms with van der Waals surface area (Å²) in [6, 6.07) is 11.2. The summed E-state index contributed by atoms with van der Waals surface area (Å²) in [6.45, 7) is 2.33. The van der Waals surface area contributed by atoms with Crippen LogP contribution in [0, 0.1) is 17.0 Å². The monoisotopic (exact) mass is 287 g/mol. The van der Waals surface area contributed by atoms with Crippen molar-refractivity contribution in [2.45, 2.75) is 13.5 Å². The van der Waals surface area contributed by atoms with Gasteiger partial charge in [0, 0.05) is 24.8 Å². The van der Waals surface area contributed by atoms with Gasteiger partial charge in [0.15, 0.2) is 0 Å². The Hall–Kier alpha value is -2.47. The van der Waals surface area contributed by atoms with E-state index < -0.39 is 4.92 Å². The summed E-state index contributed by atoms with van der Waals surface area (Å²) in [4.78, 5) is 16.7. The maximum Gasteiger partial charge on any atom is 0.314 e. The molecule has 2 aromatic rings. The molecule has 2 rings (SSSR count). The van der Waals surface area contributed by atoms with Gasteiger partial charge in [-0.25, -0.2) is 4.98 Å². The van der Waals surface area contributed by atoms with E-state index in [9.17, 15) is 15.2 Å². The molecule has 6 nitrogen and oxygen atoms in total. The van der Waals surface area contributed by atoms with E-state index in [0.29, 0.717) is 12.1 Å². The van der Waals surface area contributed by atoms with Crippen LogP contribution in [0.3, 0.4) is 0 Å². The smallest absolute Gasteiger partial charge is 0.314 e. The summed E-state index contributed by atoms with van der Waals surface area (Å²) >= 11 is 0. The van der Waals surface area contributed by atoms with Crippen LogP contribution in [-0.2, 0) is 6.54 Å². The van der Waals surface area contributed by atoms with Crippen molar-refractivity contribution in [3.05, 3.63) is 63.8 Å². The zero-order chi connectivity index (χ0) is 15.2. The van der Waals surface area contributed by atoms with Gasteiger partial charge in [-0.15, -0.1) is 0 Å². The zero-order valence-corrected chi connectivity index (χ0v) is 11.8. The van der Waals surface area contributed by atoms with Gasteiger partial charge in [0.25, 0.3) is 0 Å². The minimum Gasteiger partial charge on any atom is -0.395 e. The highest BCUT2D eigenvalue weighted by molar-refractivity contribution is 5.61. The lowest BCUT2D eigenvalue weighted by atomic mass is 10.2. The predicted molar refractivity (Wildman–Crippen MR) is 80.2 cm³/mol. The maximum atomic E-state index is 11.3. The van der Waals surface area contributed by atoms with E-state index in [-0.39, 0.29) is 24.7 Å². The largest absolute Gasteiger partial charge is 0.395 e. The van der Waals surface area contributed by atoms with E-state index in [1.807, 2.05) is 30.3 Å². The van der Waals surface area contributed by atoms with Crippen molar-refractivity contribution in [2.75, 3.05) is 18.1 Å². The van der Waals surface area contributed by atoms with Crippen molar-refractivity contribution in [3.63, 3.8) is 0 Å². The Morgan fingerprint density at radius 3 is 2.62 bits per heavy atom. The van der Waals surface area contributed by atoms with Crippen molar-refractivity contribution in [3.8, 4) is 0 Å². The quantitative estimate of drug-likeness (QED) is 0.651. The summed E-state index contributed by atoms with van der Waals surface area (Å²) in [6.07, 6.45) is 1.55. The second kappa shape index (κ2) is 6.81. The first-order chi connectivity index (χ1) is 10.1. The fourth-order valence-corrected chi connectivity index (χ4v) is 2.18. The van der Waals surface area contributed by atoms with Crippen LogP contribution in [0.4, 0.5) is 11.5 Å². The average Bonchev–Trinajstić information content (AvgIpc) is 2.47. The molecule has 0 unspecified atom stereocenters. The first-order valence-electron chi connectivity index (χ1n) is 6.63. The number of nitro groups is 1. The van der Waals surface area contributed by atoms with E-state index in [1.54, 1.807) is 24.1 Å². The van der Waals surface area contributed by atoms with E-state index in [4.69, 9.17) is 0 Å². The minimum absolute atomic E-state index is 0.0121. The summed E-state index contributed by atoms with van der Waals surface area (Å²) in [5.74, 6) is 0.290. The third kappa shape index (κ3) is 3.55. The zero-order valence-electron chi connectivity index (χ0n) is 11.8. The highest BCUT2D eigenvalue weighted by Gasteiger charge is 2.23. The fourth-order valence-electron chi connectivity index (χ4n) is 2.18. The summed E-state index contributed by atoms with van der Waals surface area (Å²) in [7, 11) is 0. The van der Waals surface area contributed by atoms with Crippen LogP contribution < -0.4 is 4.90 Å². The van der Waals surface area contributed by atoms with Gasteiger partial charge < -0.3 is 10.0 Å². The van der Waals surface area contributed by atoms with Gasteiger partial charge in [-0.3, -0.25) is 10.1 Å². The molecule has 6 heteroatoms. The van der Waals surface area contributed by atoms with Crippen molar-refractivity contribution in [2.24, 2.45) is 0 Å². The molecule has 0 bridgehead atoms. The first kappa shape index (κ1) is 14.9. The summed E-state index contributed by atoms with van der Waals surface area (Å²) in [5.41, 5.74) is 1.55. The van der Waals surface area contributed by atoms with Gasteiger partial charge in [0.05, 0.1) is 11.5 Å². The van der Waals surface area contributed by atoms with Gasteiger partial charge in [0.1, 0.15) is 0 Å². The Morgan fingerprint density at radius 2 is 2.00 bits per heavy atom.